The summed E-state index contributed by atoms with van der Waals surface area (Å²) < 4.78 is 72.7. The minimum absolute atomic E-state index is 0.0241. The van der Waals surface area contributed by atoms with Crippen LogP contribution in [-0.2, 0) is 24.8 Å². The van der Waals surface area contributed by atoms with Crippen molar-refractivity contribution in [2.75, 3.05) is 19.9 Å². The maximum atomic E-state index is 13.3. The molecule has 0 aliphatic rings. The monoisotopic (exact) mass is 539 g/mol. The summed E-state index contributed by atoms with van der Waals surface area (Å²) in [4.78, 5) is 22.2. The van der Waals surface area contributed by atoms with E-state index >= 15 is 0 Å². The Labute approximate surface area is 203 Å². The molecule has 2 unspecified atom stereocenters. The molecule has 35 heavy (non-hydrogen) atoms. The number of nitrogens with zero attached hydrogens (tertiary/aromatic N) is 1. The van der Waals surface area contributed by atoms with E-state index in [4.69, 9.17) is 25.6 Å². The standard InChI is InChI=1S/C21H22ClF3NO8P/c1-4-9-35(30,32-12-20(27)31-3)13(2)33-19-11-15(6-7-17(19)26(28)29)34-18-8-5-14(10-16(18)22)21(23,24)25/h5-8,10-11,13H,4,9,12H2,1-3H3. The third kappa shape index (κ3) is 7.58. The molecule has 0 bridgehead atoms. The average molecular weight is 540 g/mol. The number of rotatable bonds is 11. The Morgan fingerprint density at radius 1 is 1.20 bits per heavy atom. The maximum absolute atomic E-state index is 13.3. The van der Waals surface area contributed by atoms with Gasteiger partial charge >= 0.3 is 17.8 Å². The van der Waals surface area contributed by atoms with Gasteiger partial charge in [0.05, 0.1) is 22.6 Å². The van der Waals surface area contributed by atoms with Crippen LogP contribution in [0.2, 0.25) is 5.02 Å². The largest absolute Gasteiger partial charge is 0.473 e. The SMILES string of the molecule is CCCP(=O)(OCC(=O)OC)C(C)Oc1cc(Oc2ccc(C(F)(F)F)cc2Cl)ccc1[N+](=O)[O-]. The van der Waals surface area contributed by atoms with Gasteiger partial charge < -0.3 is 18.7 Å². The summed E-state index contributed by atoms with van der Waals surface area (Å²) in [5.41, 5.74) is -1.46. The molecule has 0 saturated heterocycles. The molecule has 2 aromatic carbocycles. The van der Waals surface area contributed by atoms with Crippen LogP contribution in [0.4, 0.5) is 18.9 Å². The number of methoxy groups -OCH3 is 1. The van der Waals surface area contributed by atoms with Crippen molar-refractivity contribution in [3.05, 3.63) is 57.1 Å². The number of benzene rings is 2. The highest BCUT2D eigenvalue weighted by atomic mass is 35.5. The normalized spacial score (nSPS) is 14.0. The van der Waals surface area contributed by atoms with Gasteiger partial charge in [0.15, 0.2) is 12.5 Å². The molecule has 0 N–H and O–H groups in total. The molecular formula is C21H22ClF3NO8P. The van der Waals surface area contributed by atoms with Gasteiger partial charge in [0.2, 0.25) is 13.1 Å². The van der Waals surface area contributed by atoms with Gasteiger partial charge in [0, 0.05) is 18.3 Å². The first-order chi connectivity index (χ1) is 16.3. The van der Waals surface area contributed by atoms with Crippen LogP contribution in [0.15, 0.2) is 36.4 Å². The van der Waals surface area contributed by atoms with Crippen molar-refractivity contribution in [1.82, 2.24) is 0 Å². The van der Waals surface area contributed by atoms with Crippen molar-refractivity contribution in [3.8, 4) is 17.2 Å². The van der Waals surface area contributed by atoms with Crippen LogP contribution in [0, 0.1) is 10.1 Å². The van der Waals surface area contributed by atoms with Gasteiger partial charge in [-0.15, -0.1) is 0 Å². The van der Waals surface area contributed by atoms with Crippen molar-refractivity contribution >= 4 is 30.6 Å². The van der Waals surface area contributed by atoms with Gasteiger partial charge in [-0.2, -0.15) is 13.2 Å². The van der Waals surface area contributed by atoms with Gasteiger partial charge in [-0.3, -0.25) is 14.7 Å². The number of halogens is 4. The quantitative estimate of drug-likeness (QED) is 0.135. The molecule has 0 saturated carbocycles. The first-order valence-corrected chi connectivity index (χ1v) is 12.4. The minimum atomic E-state index is -4.60. The molecule has 9 nitrogen and oxygen atoms in total. The fourth-order valence-electron chi connectivity index (χ4n) is 2.84. The van der Waals surface area contributed by atoms with Crippen molar-refractivity contribution in [2.24, 2.45) is 0 Å². The lowest BCUT2D eigenvalue weighted by Gasteiger charge is -2.25. The van der Waals surface area contributed by atoms with E-state index in [1.807, 2.05) is 0 Å². The molecule has 0 aromatic heterocycles. The highest BCUT2D eigenvalue weighted by Crippen LogP contribution is 2.53. The Hall–Kier alpha value is -2.82. The van der Waals surface area contributed by atoms with Gasteiger partial charge in [-0.1, -0.05) is 18.5 Å². The second-order valence-corrected chi connectivity index (χ2v) is 10.4. The van der Waals surface area contributed by atoms with E-state index in [-0.39, 0.29) is 28.4 Å². The Morgan fingerprint density at radius 3 is 2.43 bits per heavy atom. The second kappa shape index (κ2) is 11.7. The number of hydrogen-bond acceptors (Lipinski definition) is 8. The smallest absolute Gasteiger partial charge is 0.416 e. The van der Waals surface area contributed by atoms with E-state index in [0.717, 1.165) is 31.4 Å². The zero-order valence-electron chi connectivity index (χ0n) is 18.8. The lowest BCUT2D eigenvalue weighted by molar-refractivity contribution is -0.386. The second-order valence-electron chi connectivity index (χ2n) is 7.15. The Kier molecular flexibility index (Phi) is 9.53. The van der Waals surface area contributed by atoms with E-state index in [9.17, 15) is 32.6 Å². The number of ether oxygens (including phenoxy) is 3. The van der Waals surface area contributed by atoms with Crippen molar-refractivity contribution < 1.29 is 46.2 Å². The molecule has 0 fully saturated rings. The molecule has 0 spiro atoms. The molecule has 0 aliphatic heterocycles. The van der Waals surface area contributed by atoms with E-state index in [0.29, 0.717) is 12.5 Å². The molecule has 2 rings (SSSR count). The Bertz CT molecular complexity index is 1130. The number of carbonyl (C=O) groups excluding carboxylic acids is 1. The van der Waals surface area contributed by atoms with Gasteiger partial charge in [-0.25, -0.2) is 4.79 Å². The molecule has 14 heteroatoms. The van der Waals surface area contributed by atoms with Crippen molar-refractivity contribution in [3.63, 3.8) is 0 Å². The molecule has 192 valence electrons. The number of nitro benzene ring substituents is 1. The maximum Gasteiger partial charge on any atom is 0.416 e. The first kappa shape index (κ1) is 28.4. The molecule has 0 amide bonds. The fraction of sp³-hybridized carbons (Fsp3) is 0.381. The molecule has 0 aliphatic carbocycles. The molecule has 2 aromatic rings. The van der Waals surface area contributed by atoms with Crippen LogP contribution in [0.5, 0.6) is 17.2 Å². The number of esters is 1. The molecule has 0 heterocycles. The summed E-state index contributed by atoms with van der Waals surface area (Å²) in [5, 5.41) is 11.1. The highest BCUT2D eigenvalue weighted by molar-refractivity contribution is 7.59. The van der Waals surface area contributed by atoms with Crippen LogP contribution >= 0.6 is 19.0 Å². The van der Waals surface area contributed by atoms with E-state index < -0.39 is 48.1 Å². The zero-order chi connectivity index (χ0) is 26.4. The zero-order valence-corrected chi connectivity index (χ0v) is 20.5. The predicted octanol–water partition coefficient (Wildman–Crippen LogP) is 6.66. The van der Waals surface area contributed by atoms with Gasteiger partial charge in [-0.05, 0) is 37.6 Å². The first-order valence-electron chi connectivity index (χ1n) is 10.1. The topological polar surface area (TPSA) is 114 Å². The number of alkyl halides is 3. The van der Waals surface area contributed by atoms with Gasteiger partial charge in [0.25, 0.3) is 0 Å². The summed E-state index contributed by atoms with van der Waals surface area (Å²) in [6, 6.07) is 5.82. The highest BCUT2D eigenvalue weighted by Gasteiger charge is 2.35. The number of nitro groups is 1. The van der Waals surface area contributed by atoms with Crippen LogP contribution in [0.1, 0.15) is 25.8 Å². The van der Waals surface area contributed by atoms with Crippen LogP contribution in [0.25, 0.3) is 0 Å². The third-order valence-corrected chi connectivity index (χ3v) is 7.78. The Morgan fingerprint density at radius 2 is 1.89 bits per heavy atom. The number of carbonyl (C=O) groups is 1. The fourth-order valence-corrected chi connectivity index (χ4v) is 4.98. The van der Waals surface area contributed by atoms with Crippen molar-refractivity contribution in [1.29, 1.82) is 0 Å². The van der Waals surface area contributed by atoms with Crippen LogP contribution in [0.3, 0.4) is 0 Å². The Balaban J connectivity index is 2.34. The summed E-state index contributed by atoms with van der Waals surface area (Å²) in [7, 11) is -2.48. The third-order valence-electron chi connectivity index (χ3n) is 4.63. The van der Waals surface area contributed by atoms with Gasteiger partial charge in [0.1, 0.15) is 11.5 Å². The summed E-state index contributed by atoms with van der Waals surface area (Å²) in [5.74, 6) is -2.47. The van der Waals surface area contributed by atoms with Crippen molar-refractivity contribution in [2.45, 2.75) is 32.3 Å². The predicted molar refractivity (Wildman–Crippen MR) is 120 cm³/mol. The number of hydrogen-bond donors (Lipinski definition) is 0. The lowest BCUT2D eigenvalue weighted by Crippen LogP contribution is -2.20. The molecule has 0 radical (unpaired) electrons. The molecular weight excluding hydrogens is 518 g/mol. The van der Waals surface area contributed by atoms with Crippen LogP contribution in [-0.4, -0.2) is 36.6 Å². The average Bonchev–Trinajstić information content (AvgIpc) is 2.78. The summed E-state index contributed by atoms with van der Waals surface area (Å²) >= 11 is 5.90. The summed E-state index contributed by atoms with van der Waals surface area (Å²) in [6.45, 7) is 2.50. The van der Waals surface area contributed by atoms with E-state index in [1.165, 1.54) is 13.0 Å². The summed E-state index contributed by atoms with van der Waals surface area (Å²) in [6.07, 6.45) is -4.17. The molecule has 2 atom stereocenters. The van der Waals surface area contributed by atoms with E-state index in [2.05, 4.69) is 4.74 Å². The lowest BCUT2D eigenvalue weighted by atomic mass is 10.2. The minimum Gasteiger partial charge on any atom is -0.473 e. The van der Waals surface area contributed by atoms with Crippen LogP contribution < -0.4 is 9.47 Å². The van der Waals surface area contributed by atoms with E-state index in [1.54, 1.807) is 6.92 Å².